The van der Waals surface area contributed by atoms with E-state index >= 15 is 0 Å². The molecule has 3 N–H and O–H groups in total. The van der Waals surface area contributed by atoms with Crippen LogP contribution in [0.4, 0.5) is 4.79 Å². The van der Waals surface area contributed by atoms with Crippen molar-refractivity contribution in [3.8, 4) is 0 Å². The molecule has 2 aliphatic heterocycles. The largest absolute Gasteiger partial charge is 0.387 e. The number of carbonyl (C=O) groups excluding carboxylic acids is 1. The Hall–Kier alpha value is -1.71. The molecule has 2 amide bonds. The van der Waals surface area contributed by atoms with Crippen molar-refractivity contribution in [2.45, 2.75) is 0 Å². The van der Waals surface area contributed by atoms with Gasteiger partial charge in [0.15, 0.2) is 0 Å². The standard InChI is InChI=1S/C5H7N.C4H6N2O/c1-2-4-6-5-3-1;7-4-5-2-1-3-6-4/h1-4,6H,5H2;1-2H,3H2,(H2,5,6,7). The lowest BCUT2D eigenvalue weighted by Crippen LogP contribution is -2.35. The van der Waals surface area contributed by atoms with Crippen LogP contribution >= 0.6 is 0 Å². The zero-order valence-electron chi connectivity index (χ0n) is 7.29. The number of allylic oxidation sites excluding steroid dienone is 2. The van der Waals surface area contributed by atoms with Crippen molar-refractivity contribution in [1.82, 2.24) is 16.0 Å². The van der Waals surface area contributed by atoms with Gasteiger partial charge >= 0.3 is 6.03 Å². The van der Waals surface area contributed by atoms with Gasteiger partial charge in [0.2, 0.25) is 0 Å². The fourth-order valence-corrected chi connectivity index (χ4v) is 0.802. The van der Waals surface area contributed by atoms with Gasteiger partial charge in [-0.3, -0.25) is 0 Å². The first-order valence-electron chi connectivity index (χ1n) is 4.14. The third-order valence-electron chi connectivity index (χ3n) is 1.41. The maximum absolute atomic E-state index is 10.2. The van der Waals surface area contributed by atoms with Gasteiger partial charge in [-0.1, -0.05) is 12.2 Å². The molecule has 4 nitrogen and oxygen atoms in total. The van der Waals surface area contributed by atoms with Crippen LogP contribution in [0.3, 0.4) is 0 Å². The molecule has 0 saturated heterocycles. The predicted octanol–water partition coefficient (Wildman–Crippen LogP) is 0.472. The second-order valence-electron chi connectivity index (χ2n) is 2.45. The number of hydrogen-bond donors (Lipinski definition) is 3. The lowest BCUT2D eigenvalue weighted by atomic mass is 10.4. The predicted molar refractivity (Wildman–Crippen MR) is 52.0 cm³/mol. The molecule has 0 aliphatic carbocycles. The Morgan fingerprint density at radius 3 is 2.23 bits per heavy atom. The van der Waals surface area contributed by atoms with Gasteiger partial charge in [0, 0.05) is 19.3 Å². The van der Waals surface area contributed by atoms with Crippen LogP contribution in [0.1, 0.15) is 0 Å². The SMILES string of the molecule is C1=CCNC=C1.O=C1NC=CCN1. The van der Waals surface area contributed by atoms with Crippen molar-refractivity contribution < 1.29 is 4.79 Å². The number of urea groups is 1. The van der Waals surface area contributed by atoms with E-state index in [1.165, 1.54) is 0 Å². The minimum absolute atomic E-state index is 0.123. The van der Waals surface area contributed by atoms with E-state index in [1.54, 1.807) is 6.20 Å². The Bertz CT molecular complexity index is 231. The molecule has 13 heavy (non-hydrogen) atoms. The maximum Gasteiger partial charge on any atom is 0.319 e. The van der Waals surface area contributed by atoms with E-state index in [0.29, 0.717) is 6.54 Å². The second kappa shape index (κ2) is 5.88. The quantitative estimate of drug-likeness (QED) is 0.506. The molecule has 0 aromatic rings. The lowest BCUT2D eigenvalue weighted by Gasteiger charge is -2.04. The molecule has 2 aliphatic rings. The van der Waals surface area contributed by atoms with Gasteiger partial charge in [0.05, 0.1) is 0 Å². The minimum atomic E-state index is -0.123. The van der Waals surface area contributed by atoms with Gasteiger partial charge in [0.1, 0.15) is 0 Å². The smallest absolute Gasteiger partial charge is 0.319 e. The van der Waals surface area contributed by atoms with Crippen molar-refractivity contribution in [2.75, 3.05) is 13.1 Å². The van der Waals surface area contributed by atoms with Gasteiger partial charge in [0.25, 0.3) is 0 Å². The summed E-state index contributed by atoms with van der Waals surface area (Å²) in [5.41, 5.74) is 0. The van der Waals surface area contributed by atoms with Gasteiger partial charge in [-0.2, -0.15) is 0 Å². The highest BCUT2D eigenvalue weighted by Gasteiger charge is 1.95. The summed E-state index contributed by atoms with van der Waals surface area (Å²) in [6, 6.07) is -0.123. The van der Waals surface area contributed by atoms with Gasteiger partial charge in [-0.25, -0.2) is 4.79 Å². The third kappa shape index (κ3) is 4.68. The molecule has 0 unspecified atom stereocenters. The van der Waals surface area contributed by atoms with Crippen molar-refractivity contribution in [1.29, 1.82) is 0 Å². The van der Waals surface area contributed by atoms with E-state index in [2.05, 4.69) is 22.0 Å². The third-order valence-corrected chi connectivity index (χ3v) is 1.41. The molecule has 2 rings (SSSR count). The Morgan fingerprint density at radius 2 is 2.00 bits per heavy atom. The molecule has 4 heteroatoms. The van der Waals surface area contributed by atoms with Crippen LogP contribution in [-0.2, 0) is 0 Å². The fraction of sp³-hybridized carbons (Fsp3) is 0.222. The molecule has 0 spiro atoms. The molecule has 0 bridgehead atoms. The molecule has 0 aromatic heterocycles. The molecule has 0 fully saturated rings. The average molecular weight is 179 g/mol. The molecule has 0 aromatic carbocycles. The lowest BCUT2D eigenvalue weighted by molar-refractivity contribution is 0.244. The normalized spacial score (nSPS) is 17.7. The summed E-state index contributed by atoms with van der Waals surface area (Å²) in [7, 11) is 0. The van der Waals surface area contributed by atoms with Crippen LogP contribution in [0.15, 0.2) is 36.7 Å². The Morgan fingerprint density at radius 1 is 1.08 bits per heavy atom. The number of carbonyl (C=O) groups is 1. The number of nitrogens with one attached hydrogen (secondary N) is 3. The van der Waals surface area contributed by atoms with Crippen molar-refractivity contribution in [3.63, 3.8) is 0 Å². The first-order valence-corrected chi connectivity index (χ1v) is 4.14. The Labute approximate surface area is 77.4 Å². The van der Waals surface area contributed by atoms with E-state index in [4.69, 9.17) is 0 Å². The summed E-state index contributed by atoms with van der Waals surface area (Å²) in [4.78, 5) is 10.2. The van der Waals surface area contributed by atoms with E-state index in [1.807, 2.05) is 24.4 Å². The second-order valence-corrected chi connectivity index (χ2v) is 2.45. The molecular weight excluding hydrogens is 166 g/mol. The van der Waals surface area contributed by atoms with E-state index in [0.717, 1.165) is 6.54 Å². The van der Waals surface area contributed by atoms with E-state index in [-0.39, 0.29) is 6.03 Å². The van der Waals surface area contributed by atoms with Crippen LogP contribution in [0, 0.1) is 0 Å². The van der Waals surface area contributed by atoms with Crippen molar-refractivity contribution in [2.24, 2.45) is 0 Å². The Balaban J connectivity index is 0.000000132. The van der Waals surface area contributed by atoms with Crippen LogP contribution in [0.2, 0.25) is 0 Å². The molecular formula is C9H13N3O. The molecule has 0 saturated carbocycles. The zero-order valence-corrected chi connectivity index (χ0v) is 7.29. The first-order chi connectivity index (χ1) is 6.39. The number of rotatable bonds is 0. The molecule has 2 heterocycles. The van der Waals surface area contributed by atoms with Crippen LogP contribution in [-0.4, -0.2) is 19.1 Å². The fourth-order valence-electron chi connectivity index (χ4n) is 0.802. The summed E-state index contributed by atoms with van der Waals surface area (Å²) in [5, 5.41) is 8.01. The molecule has 0 atom stereocenters. The number of dihydropyridines is 1. The Kier molecular flexibility index (Phi) is 4.24. The van der Waals surface area contributed by atoms with Gasteiger partial charge < -0.3 is 16.0 Å². The summed E-state index contributed by atoms with van der Waals surface area (Å²) in [6.45, 7) is 1.63. The van der Waals surface area contributed by atoms with Crippen molar-refractivity contribution in [3.05, 3.63) is 36.7 Å². The summed E-state index contributed by atoms with van der Waals surface area (Å²) in [6.07, 6.45) is 11.5. The zero-order chi connectivity index (χ0) is 9.36. The van der Waals surface area contributed by atoms with Crippen molar-refractivity contribution >= 4 is 6.03 Å². The topological polar surface area (TPSA) is 53.2 Å². The highest BCUT2D eigenvalue weighted by molar-refractivity contribution is 5.75. The summed E-state index contributed by atoms with van der Waals surface area (Å²) >= 11 is 0. The average Bonchev–Trinajstić information content (AvgIpc) is 2.22. The monoisotopic (exact) mass is 179 g/mol. The molecule has 70 valence electrons. The van der Waals surface area contributed by atoms with E-state index < -0.39 is 0 Å². The highest BCUT2D eigenvalue weighted by atomic mass is 16.2. The maximum atomic E-state index is 10.2. The molecule has 0 radical (unpaired) electrons. The van der Waals surface area contributed by atoms with Crippen LogP contribution in [0.25, 0.3) is 0 Å². The van der Waals surface area contributed by atoms with Crippen LogP contribution in [0.5, 0.6) is 0 Å². The summed E-state index contributed by atoms with van der Waals surface area (Å²) in [5.74, 6) is 0. The number of amides is 2. The summed E-state index contributed by atoms with van der Waals surface area (Å²) < 4.78 is 0. The minimum Gasteiger partial charge on any atom is -0.387 e. The highest BCUT2D eigenvalue weighted by Crippen LogP contribution is 1.78. The number of hydrogen-bond acceptors (Lipinski definition) is 2. The first kappa shape index (κ1) is 9.38. The van der Waals surface area contributed by atoms with Gasteiger partial charge in [-0.15, -0.1) is 0 Å². The van der Waals surface area contributed by atoms with E-state index in [9.17, 15) is 4.79 Å². The van der Waals surface area contributed by atoms with Gasteiger partial charge in [-0.05, 0) is 18.4 Å². The van der Waals surface area contributed by atoms with Crippen LogP contribution < -0.4 is 16.0 Å².